The van der Waals surface area contributed by atoms with Crippen molar-refractivity contribution in [3.05, 3.63) is 0 Å². The lowest BCUT2D eigenvalue weighted by Crippen LogP contribution is -2.44. The van der Waals surface area contributed by atoms with E-state index < -0.39 is 30.4 Å². The van der Waals surface area contributed by atoms with Crippen LogP contribution in [0, 0.1) is 0 Å². The number of hydrogen-bond donors (Lipinski definition) is 2. The van der Waals surface area contributed by atoms with E-state index in [2.05, 4.69) is 9.80 Å². The number of rotatable bonds is 13. The molecule has 5 atom stereocenters. The van der Waals surface area contributed by atoms with E-state index in [-0.39, 0.29) is 37.5 Å². The molecule has 2 heterocycles. The van der Waals surface area contributed by atoms with Crippen molar-refractivity contribution in [2.45, 2.75) is 56.8 Å². The molecule has 0 aromatic heterocycles. The Morgan fingerprint density at radius 1 is 0.970 bits per heavy atom. The zero-order chi connectivity index (χ0) is 23.4. The van der Waals surface area contributed by atoms with E-state index in [1.165, 1.54) is 0 Å². The van der Waals surface area contributed by atoms with Gasteiger partial charge in [-0.2, -0.15) is 0 Å². The van der Waals surface area contributed by atoms with Crippen LogP contribution in [0.15, 0.2) is 0 Å². The highest BCUT2D eigenvalue weighted by atomic mass is 35.5. The van der Waals surface area contributed by atoms with E-state index in [0.29, 0.717) is 24.2 Å². The molecule has 0 bridgehead atoms. The van der Waals surface area contributed by atoms with Crippen LogP contribution >= 0.6 is 59.6 Å². The lowest BCUT2D eigenvalue weighted by atomic mass is 10.1. The van der Waals surface area contributed by atoms with Gasteiger partial charge in [0.2, 0.25) is 0 Å². The maximum atomic E-state index is 9.88. The predicted octanol–water partition coefficient (Wildman–Crippen LogP) is 2.40. The van der Waals surface area contributed by atoms with Crippen LogP contribution in [-0.2, 0) is 18.9 Å². The van der Waals surface area contributed by atoms with Gasteiger partial charge in [-0.25, -0.2) is 0 Å². The van der Waals surface area contributed by atoms with E-state index >= 15 is 0 Å². The Morgan fingerprint density at radius 3 is 1.97 bits per heavy atom. The summed E-state index contributed by atoms with van der Waals surface area (Å²) in [6.45, 7) is 7.32. The van der Waals surface area contributed by atoms with Gasteiger partial charge < -0.3 is 34.1 Å². The van der Waals surface area contributed by atoms with Gasteiger partial charge in [-0.15, -0.1) is 59.6 Å². The molecule has 2 fully saturated rings. The van der Waals surface area contributed by atoms with E-state index in [9.17, 15) is 5.11 Å². The number of alkyl halides is 3. The summed E-state index contributed by atoms with van der Waals surface area (Å²) in [5.41, 5.74) is 0. The standard InChI is InChI=1S/C14H27NO6.C6H12Cl3N.2ClH/c1-14(2)20-12-11(18-7-5-6-15(3)4)10(9(17)8-16)19-13(12)21-14;7-1-4-10(5-2-8)6-3-9;;/h9-13,16-17H,5-8H2,1-4H3;1-6H2;2*1H. The molecule has 2 N–H and O–H groups in total. The number of aliphatic hydroxyl groups excluding tert-OH is 2. The Labute approximate surface area is 225 Å². The number of nitrogens with zero attached hydrogens (tertiary/aromatic N) is 2. The Morgan fingerprint density at radius 2 is 1.52 bits per heavy atom. The van der Waals surface area contributed by atoms with Crippen molar-refractivity contribution in [1.82, 2.24) is 9.80 Å². The third-order valence-corrected chi connectivity index (χ3v) is 5.36. The van der Waals surface area contributed by atoms with Crippen molar-refractivity contribution in [2.24, 2.45) is 0 Å². The molecule has 2 aliphatic rings. The minimum Gasteiger partial charge on any atom is -0.394 e. The van der Waals surface area contributed by atoms with E-state index in [0.717, 1.165) is 32.6 Å². The number of aliphatic hydroxyl groups is 2. The highest BCUT2D eigenvalue weighted by Gasteiger charge is 2.56. The fraction of sp³-hybridized carbons (Fsp3) is 1.00. The molecule has 2 rings (SSSR count). The highest BCUT2D eigenvalue weighted by Crippen LogP contribution is 2.39. The van der Waals surface area contributed by atoms with Crippen LogP contribution < -0.4 is 0 Å². The van der Waals surface area contributed by atoms with Gasteiger partial charge in [0.1, 0.15) is 24.4 Å². The van der Waals surface area contributed by atoms with E-state index in [1.807, 2.05) is 27.9 Å². The largest absolute Gasteiger partial charge is 0.394 e. The zero-order valence-electron chi connectivity index (χ0n) is 19.8. The Hall–Kier alpha value is 1.13. The second-order valence-electron chi connectivity index (χ2n) is 8.22. The molecule has 2 aliphatic heterocycles. The molecule has 0 saturated carbocycles. The van der Waals surface area contributed by atoms with Crippen molar-refractivity contribution in [3.8, 4) is 0 Å². The van der Waals surface area contributed by atoms with Gasteiger partial charge in [0.15, 0.2) is 12.1 Å². The second-order valence-corrected chi connectivity index (χ2v) is 9.35. The SMILES string of the molecule is CN(C)CCCOC1C(C(O)CO)OC2OC(C)(C)OC21.Cl.Cl.ClCCN(CCCl)CCCl. The minimum absolute atomic E-state index is 0. The maximum Gasteiger partial charge on any atom is 0.190 e. The average molecular weight is 583 g/mol. The Kier molecular flexibility index (Phi) is 21.2. The summed E-state index contributed by atoms with van der Waals surface area (Å²) in [5, 5.41) is 19.0. The smallest absolute Gasteiger partial charge is 0.190 e. The Bertz CT molecular complexity index is 470. The van der Waals surface area contributed by atoms with Gasteiger partial charge in [0.05, 0.1) is 6.61 Å². The lowest BCUT2D eigenvalue weighted by Gasteiger charge is -2.28. The van der Waals surface area contributed by atoms with Gasteiger partial charge in [-0.3, -0.25) is 4.90 Å². The molecule has 0 radical (unpaired) electrons. The van der Waals surface area contributed by atoms with Gasteiger partial charge in [-0.1, -0.05) is 0 Å². The number of ether oxygens (including phenoxy) is 4. The fourth-order valence-electron chi connectivity index (χ4n) is 3.40. The summed E-state index contributed by atoms with van der Waals surface area (Å²) in [5.74, 6) is 1.21. The lowest BCUT2D eigenvalue weighted by molar-refractivity contribution is -0.231. The van der Waals surface area contributed by atoms with Crippen molar-refractivity contribution >= 4 is 59.6 Å². The predicted molar refractivity (Wildman–Crippen MR) is 138 cm³/mol. The van der Waals surface area contributed by atoms with Gasteiger partial charge >= 0.3 is 0 Å². The molecular formula is C20H41Cl5N2O6. The molecule has 5 unspecified atom stereocenters. The van der Waals surface area contributed by atoms with Crippen LogP contribution in [0.25, 0.3) is 0 Å². The molecule has 202 valence electrons. The van der Waals surface area contributed by atoms with Crippen molar-refractivity contribution in [3.63, 3.8) is 0 Å². The molecule has 33 heavy (non-hydrogen) atoms. The van der Waals surface area contributed by atoms with Crippen LogP contribution in [0.5, 0.6) is 0 Å². The van der Waals surface area contributed by atoms with Crippen LogP contribution in [0.2, 0.25) is 0 Å². The molecule has 13 heteroatoms. The summed E-state index contributed by atoms with van der Waals surface area (Å²) in [6, 6.07) is 0. The van der Waals surface area contributed by atoms with Crippen LogP contribution in [-0.4, -0.2) is 128 Å². The highest BCUT2D eigenvalue weighted by molar-refractivity contribution is 6.18. The molecule has 0 spiro atoms. The van der Waals surface area contributed by atoms with Crippen LogP contribution in [0.3, 0.4) is 0 Å². The quantitative estimate of drug-likeness (QED) is 0.253. The van der Waals surface area contributed by atoms with Crippen molar-refractivity contribution in [2.75, 3.05) is 71.1 Å². The number of hydrogen-bond acceptors (Lipinski definition) is 8. The molecule has 0 aliphatic carbocycles. The van der Waals surface area contributed by atoms with Gasteiger partial charge in [0.25, 0.3) is 0 Å². The second kappa shape index (κ2) is 19.3. The normalized spacial score (nSPS) is 26.3. The molecule has 2 saturated heterocycles. The summed E-state index contributed by atoms with van der Waals surface area (Å²) in [7, 11) is 4.01. The summed E-state index contributed by atoms with van der Waals surface area (Å²) in [6.07, 6.45) is -2.17. The van der Waals surface area contributed by atoms with E-state index in [1.54, 1.807) is 0 Å². The van der Waals surface area contributed by atoms with Crippen LogP contribution in [0.4, 0.5) is 0 Å². The fourth-order valence-corrected chi connectivity index (χ4v) is 4.12. The third-order valence-electron chi connectivity index (χ3n) is 4.86. The van der Waals surface area contributed by atoms with Gasteiger partial charge in [-0.05, 0) is 40.9 Å². The first-order valence-corrected chi connectivity index (χ1v) is 12.3. The number of fused-ring (bicyclic) bond motifs is 1. The Balaban J connectivity index is 0. The van der Waals surface area contributed by atoms with Crippen LogP contribution in [0.1, 0.15) is 20.3 Å². The first-order chi connectivity index (χ1) is 14.7. The molecule has 0 aromatic carbocycles. The van der Waals surface area contributed by atoms with Crippen molar-refractivity contribution in [1.29, 1.82) is 0 Å². The molecule has 0 amide bonds. The first-order valence-electron chi connectivity index (χ1n) is 10.7. The number of halogens is 5. The topological polar surface area (TPSA) is 83.9 Å². The molecule has 0 aromatic rings. The van der Waals surface area contributed by atoms with Crippen molar-refractivity contribution < 1.29 is 29.2 Å². The molecular weight excluding hydrogens is 541 g/mol. The van der Waals surface area contributed by atoms with Gasteiger partial charge in [0, 0.05) is 43.9 Å². The zero-order valence-corrected chi connectivity index (χ0v) is 23.7. The van der Waals surface area contributed by atoms with E-state index in [4.69, 9.17) is 58.9 Å². The first kappa shape index (κ1) is 36.3. The summed E-state index contributed by atoms with van der Waals surface area (Å²) in [4.78, 5) is 4.22. The minimum atomic E-state index is -1.01. The maximum absolute atomic E-state index is 9.88. The monoisotopic (exact) mass is 580 g/mol. The average Bonchev–Trinajstić information content (AvgIpc) is 3.17. The molecule has 8 nitrogen and oxygen atoms in total. The summed E-state index contributed by atoms with van der Waals surface area (Å²) < 4.78 is 23.0. The summed E-state index contributed by atoms with van der Waals surface area (Å²) >= 11 is 16.6. The third kappa shape index (κ3) is 13.3.